The second-order valence-corrected chi connectivity index (χ2v) is 8.30. The fourth-order valence-corrected chi connectivity index (χ4v) is 4.48. The van der Waals surface area contributed by atoms with Crippen molar-refractivity contribution >= 4 is 23.1 Å². The van der Waals surface area contributed by atoms with E-state index >= 15 is 0 Å². The highest BCUT2D eigenvalue weighted by atomic mass is 32.2. The summed E-state index contributed by atoms with van der Waals surface area (Å²) in [6.07, 6.45) is 5.12. The molecule has 0 spiro atoms. The molecule has 1 aliphatic carbocycles. The van der Waals surface area contributed by atoms with E-state index in [2.05, 4.69) is 26.1 Å². The van der Waals surface area contributed by atoms with Gasteiger partial charge in [-0.2, -0.15) is 11.8 Å². The number of nitrogens with one attached hydrogen (secondary N) is 1. The van der Waals surface area contributed by atoms with Gasteiger partial charge in [-0.25, -0.2) is 4.98 Å². The molecule has 0 radical (unpaired) electrons. The maximum atomic E-state index is 4.94. The molecule has 1 heterocycles. The molecule has 1 aromatic heterocycles. The van der Waals surface area contributed by atoms with Gasteiger partial charge in [0.05, 0.1) is 5.69 Å². The summed E-state index contributed by atoms with van der Waals surface area (Å²) >= 11 is 3.96. The molecule has 1 N–H and O–H groups in total. The maximum absolute atomic E-state index is 4.94. The first kappa shape index (κ1) is 15.3. The predicted octanol–water partition coefficient (Wildman–Crippen LogP) is 4.20. The van der Waals surface area contributed by atoms with E-state index in [9.17, 15) is 0 Å². The Morgan fingerprint density at radius 1 is 1.47 bits per heavy atom. The average molecular weight is 299 g/mol. The van der Waals surface area contributed by atoms with E-state index in [4.69, 9.17) is 4.98 Å². The van der Waals surface area contributed by atoms with E-state index in [1.165, 1.54) is 36.4 Å². The molecule has 1 atom stereocenters. The minimum atomic E-state index is 0.657. The van der Waals surface area contributed by atoms with Crippen molar-refractivity contribution < 1.29 is 0 Å². The molecule has 1 aliphatic rings. The van der Waals surface area contributed by atoms with Gasteiger partial charge in [0, 0.05) is 23.1 Å². The van der Waals surface area contributed by atoms with E-state index in [1.807, 2.05) is 23.1 Å². The monoisotopic (exact) mass is 298 g/mol. The molecule has 0 saturated carbocycles. The Bertz CT molecular complexity index is 387. The van der Waals surface area contributed by atoms with Crippen molar-refractivity contribution in [2.75, 3.05) is 13.1 Å². The summed E-state index contributed by atoms with van der Waals surface area (Å²) in [5.41, 5.74) is 1.42. The van der Waals surface area contributed by atoms with Crippen LogP contribution in [0, 0.1) is 0 Å². The van der Waals surface area contributed by atoms with E-state index in [1.54, 1.807) is 4.88 Å². The van der Waals surface area contributed by atoms with Gasteiger partial charge in [0.25, 0.3) is 0 Å². The van der Waals surface area contributed by atoms with Gasteiger partial charge < -0.3 is 5.32 Å². The summed E-state index contributed by atoms with van der Waals surface area (Å²) in [6, 6.07) is 0. The molecule has 1 unspecified atom stereocenters. The van der Waals surface area contributed by atoms with Crippen molar-refractivity contribution in [3.63, 3.8) is 0 Å². The smallest absolute Gasteiger partial charge is 0.103 e. The molecular formula is C15H26N2S2. The van der Waals surface area contributed by atoms with Crippen molar-refractivity contribution in [1.29, 1.82) is 0 Å². The summed E-state index contributed by atoms with van der Waals surface area (Å²) in [5, 5.41) is 5.60. The van der Waals surface area contributed by atoms with Crippen LogP contribution in [-0.4, -0.2) is 23.3 Å². The van der Waals surface area contributed by atoms with Gasteiger partial charge in [0.15, 0.2) is 0 Å². The third-order valence-electron chi connectivity index (χ3n) is 3.47. The third kappa shape index (κ3) is 4.47. The first-order valence-corrected chi connectivity index (χ1v) is 9.38. The summed E-state index contributed by atoms with van der Waals surface area (Å²) in [7, 11) is 0. The molecular weight excluding hydrogens is 272 g/mol. The van der Waals surface area contributed by atoms with Crippen molar-refractivity contribution in [3.8, 4) is 0 Å². The highest BCUT2D eigenvalue weighted by Gasteiger charge is 2.24. The second kappa shape index (κ2) is 7.65. The number of thioether (sulfide) groups is 1. The number of hydrogen-bond donors (Lipinski definition) is 1. The lowest BCUT2D eigenvalue weighted by Gasteiger charge is -2.21. The van der Waals surface area contributed by atoms with E-state index in [0.717, 1.165) is 18.8 Å². The van der Waals surface area contributed by atoms with Crippen LogP contribution in [0.1, 0.15) is 61.5 Å². The van der Waals surface area contributed by atoms with Gasteiger partial charge >= 0.3 is 0 Å². The molecule has 19 heavy (non-hydrogen) atoms. The van der Waals surface area contributed by atoms with Crippen LogP contribution < -0.4 is 5.32 Å². The lowest BCUT2D eigenvalue weighted by molar-refractivity contribution is 0.501. The van der Waals surface area contributed by atoms with Crippen LogP contribution in [0.3, 0.4) is 0 Å². The van der Waals surface area contributed by atoms with Crippen LogP contribution in [-0.2, 0) is 12.2 Å². The molecule has 0 aromatic carbocycles. The van der Waals surface area contributed by atoms with Crippen LogP contribution in [0.4, 0.5) is 0 Å². The van der Waals surface area contributed by atoms with Gasteiger partial charge in [-0.05, 0) is 37.5 Å². The molecule has 108 valence electrons. The van der Waals surface area contributed by atoms with E-state index in [-0.39, 0.29) is 0 Å². The molecule has 1 aromatic rings. The van der Waals surface area contributed by atoms with E-state index in [0.29, 0.717) is 11.2 Å². The largest absolute Gasteiger partial charge is 0.316 e. The predicted molar refractivity (Wildman–Crippen MR) is 87.4 cm³/mol. The van der Waals surface area contributed by atoms with Crippen LogP contribution in [0.15, 0.2) is 0 Å². The Hall–Kier alpha value is -0.0600. The first-order valence-electron chi connectivity index (χ1n) is 7.51. The van der Waals surface area contributed by atoms with Crippen molar-refractivity contribution in [2.45, 2.75) is 63.4 Å². The molecule has 0 saturated heterocycles. The van der Waals surface area contributed by atoms with Crippen molar-refractivity contribution in [3.05, 3.63) is 15.6 Å². The number of nitrogens with zero attached hydrogens (tertiary/aromatic N) is 1. The Kier molecular flexibility index (Phi) is 6.17. The molecule has 0 amide bonds. The molecule has 0 bridgehead atoms. The number of hydrogen-bond acceptors (Lipinski definition) is 4. The van der Waals surface area contributed by atoms with Gasteiger partial charge in [-0.15, -0.1) is 11.3 Å². The third-order valence-corrected chi connectivity index (χ3v) is 5.89. The van der Waals surface area contributed by atoms with Crippen LogP contribution in [0.5, 0.6) is 0 Å². The van der Waals surface area contributed by atoms with E-state index < -0.39 is 0 Å². The number of aromatic nitrogens is 1. The normalized spacial score (nSPS) is 18.8. The molecule has 2 nitrogen and oxygen atoms in total. The Morgan fingerprint density at radius 3 is 3.05 bits per heavy atom. The van der Waals surface area contributed by atoms with Gasteiger partial charge in [-0.3, -0.25) is 0 Å². The molecule has 0 fully saturated rings. The van der Waals surface area contributed by atoms with Gasteiger partial charge in [-0.1, -0.05) is 20.8 Å². The average Bonchev–Trinajstić information content (AvgIpc) is 2.80. The van der Waals surface area contributed by atoms with Crippen LogP contribution in [0.25, 0.3) is 0 Å². The number of aryl methyl sites for hydroxylation is 1. The second-order valence-electron chi connectivity index (χ2n) is 5.57. The topological polar surface area (TPSA) is 24.9 Å². The summed E-state index contributed by atoms with van der Waals surface area (Å²) in [6.45, 7) is 8.99. The zero-order valence-corrected chi connectivity index (χ0v) is 14.0. The zero-order chi connectivity index (χ0) is 13.7. The zero-order valence-electron chi connectivity index (χ0n) is 12.4. The fraction of sp³-hybridized carbons (Fsp3) is 0.800. The van der Waals surface area contributed by atoms with Crippen molar-refractivity contribution in [1.82, 2.24) is 10.3 Å². The Balaban J connectivity index is 1.98. The van der Waals surface area contributed by atoms with Crippen LogP contribution >= 0.6 is 23.1 Å². The quantitative estimate of drug-likeness (QED) is 0.764. The minimum Gasteiger partial charge on any atom is -0.316 e. The Labute approximate surface area is 125 Å². The lowest BCUT2D eigenvalue weighted by Crippen LogP contribution is -2.24. The molecule has 0 aliphatic heterocycles. The summed E-state index contributed by atoms with van der Waals surface area (Å²) < 4.78 is 0. The van der Waals surface area contributed by atoms with Gasteiger partial charge in [0.2, 0.25) is 0 Å². The van der Waals surface area contributed by atoms with Crippen molar-refractivity contribution in [2.24, 2.45) is 0 Å². The fourth-order valence-electron chi connectivity index (χ4n) is 2.51. The Morgan fingerprint density at radius 2 is 2.32 bits per heavy atom. The number of rotatable bonds is 7. The maximum Gasteiger partial charge on any atom is 0.103 e. The molecule has 4 heteroatoms. The van der Waals surface area contributed by atoms with Crippen LogP contribution in [0.2, 0.25) is 0 Å². The van der Waals surface area contributed by atoms with Gasteiger partial charge in [0.1, 0.15) is 5.01 Å². The number of fused-ring (bicyclic) bond motifs is 1. The highest BCUT2D eigenvalue weighted by Crippen LogP contribution is 2.35. The molecule has 2 rings (SSSR count). The number of thiazole rings is 1. The highest BCUT2D eigenvalue weighted by molar-refractivity contribution is 7.99. The minimum absolute atomic E-state index is 0.657. The summed E-state index contributed by atoms with van der Waals surface area (Å²) in [5.74, 6) is 1.74. The standard InChI is InChI=1S/C15H26N2S2/c1-4-8-16-9-12-6-5-7-13-15(12)17-14(19-13)10-18-11(2)3/h11-12,16H,4-10H2,1-3H3. The SMILES string of the molecule is CCCNCC1CCCc2sc(CSC(C)C)nc21. The lowest BCUT2D eigenvalue weighted by atomic mass is 9.91. The first-order chi connectivity index (χ1) is 9.20. The summed E-state index contributed by atoms with van der Waals surface area (Å²) in [4.78, 5) is 6.50.